The van der Waals surface area contributed by atoms with E-state index in [2.05, 4.69) is 55.1 Å². The molecule has 5 aromatic rings. The highest BCUT2D eigenvalue weighted by Crippen LogP contribution is 2.39. The first-order chi connectivity index (χ1) is 31.1. The van der Waals surface area contributed by atoms with Gasteiger partial charge in [0, 0.05) is 60.1 Å². The van der Waals surface area contributed by atoms with Crippen LogP contribution in [0.5, 0.6) is 0 Å². The second-order valence-corrected chi connectivity index (χ2v) is 18.5. The standard InChI is InChI=1S/C48H50FN9O5S/c49-38-25-34(24-36-37(38)26-58(47(36)63)44(46(62)54-48-50-17-23-64-48)43-40-2-1-18-57(40)28-51-43)31-5-3-29(4-6-31)33-15-21-56(22-16-33)42(60)27-55-19-13-32(14-20-55)30-7-9-35(10-8-30)52-39-11-12-41(59)53-45(39)61/h3-10,17,23-25,28,32-33,39,44,52H,1-2,11-16,18-22,26-27H2,(H,50,54,62)(H,53,59,61)/t39-,44?/m0/s1. The summed E-state index contributed by atoms with van der Waals surface area (Å²) < 4.78 is 18.0. The number of carbonyl (C=O) groups is 5. The van der Waals surface area contributed by atoms with Gasteiger partial charge in [-0.2, -0.15) is 0 Å². The fourth-order valence-electron chi connectivity index (χ4n) is 10.2. The van der Waals surface area contributed by atoms with E-state index in [9.17, 15) is 24.0 Å². The van der Waals surface area contributed by atoms with Crippen LogP contribution in [0.3, 0.4) is 0 Å². The normalized spacial score (nSPS) is 20.0. The topological polar surface area (TPSA) is 162 Å². The summed E-state index contributed by atoms with van der Waals surface area (Å²) in [7, 11) is 0. The molecule has 3 fully saturated rings. The predicted molar refractivity (Wildman–Crippen MR) is 239 cm³/mol. The molecule has 5 aliphatic heterocycles. The molecule has 5 aliphatic rings. The van der Waals surface area contributed by atoms with Gasteiger partial charge in [0.25, 0.3) is 11.8 Å². The van der Waals surface area contributed by atoms with Crippen LogP contribution in [-0.4, -0.2) is 97.5 Å². The number of rotatable bonds is 11. The summed E-state index contributed by atoms with van der Waals surface area (Å²) >= 11 is 1.28. The van der Waals surface area contributed by atoms with Crippen molar-refractivity contribution >= 4 is 51.7 Å². The smallest absolute Gasteiger partial charge is 0.255 e. The first kappa shape index (κ1) is 41.7. The maximum Gasteiger partial charge on any atom is 0.255 e. The summed E-state index contributed by atoms with van der Waals surface area (Å²) in [6, 6.07) is 18.1. The van der Waals surface area contributed by atoms with Gasteiger partial charge in [-0.1, -0.05) is 36.4 Å². The van der Waals surface area contributed by atoms with Crippen molar-refractivity contribution in [2.24, 2.45) is 0 Å². The van der Waals surface area contributed by atoms with Gasteiger partial charge in [0.15, 0.2) is 11.2 Å². The molecule has 2 aromatic heterocycles. The number of aryl methyl sites for hydroxylation is 1. The van der Waals surface area contributed by atoms with Crippen LogP contribution >= 0.6 is 11.3 Å². The number of halogens is 1. The highest BCUT2D eigenvalue weighted by Gasteiger charge is 2.42. The molecule has 10 rings (SSSR count). The number of hydrogen-bond donors (Lipinski definition) is 3. The van der Waals surface area contributed by atoms with Crippen molar-refractivity contribution in [3.05, 3.63) is 118 Å². The monoisotopic (exact) mass is 883 g/mol. The summed E-state index contributed by atoms with van der Waals surface area (Å²) in [4.78, 5) is 79.5. The minimum Gasteiger partial charge on any atom is -0.374 e. The summed E-state index contributed by atoms with van der Waals surface area (Å²) in [5, 5.41) is 10.7. The van der Waals surface area contributed by atoms with Crippen LogP contribution in [0.1, 0.15) is 101 Å². The van der Waals surface area contributed by atoms with E-state index >= 15 is 4.39 Å². The van der Waals surface area contributed by atoms with E-state index in [4.69, 9.17) is 0 Å². The molecule has 2 atom stereocenters. The molecule has 3 aromatic carbocycles. The molecular formula is C48H50FN9O5S. The number of benzene rings is 3. The van der Waals surface area contributed by atoms with Crippen molar-refractivity contribution in [1.29, 1.82) is 0 Å². The SMILES string of the molecule is O=C1CC[C@H](Nc2ccc(C3CCN(CC(=O)N4CCC(c5ccc(-c6cc(F)c7c(c6)C(=O)N(C(C(=O)Nc6nccs6)c6ncn8c6CCC8)C7)cc5)CC4)CC3)cc2)C(=O)N1. The van der Waals surface area contributed by atoms with Crippen LogP contribution in [0, 0.1) is 5.82 Å². The second-order valence-electron chi connectivity index (χ2n) is 17.6. The Balaban J connectivity index is 0.722. The number of piperidine rings is 3. The quantitative estimate of drug-likeness (QED) is 0.131. The first-order valence-electron chi connectivity index (χ1n) is 22.3. The average molecular weight is 884 g/mol. The van der Waals surface area contributed by atoms with Crippen LogP contribution in [-0.2, 0) is 38.7 Å². The summed E-state index contributed by atoms with van der Waals surface area (Å²) in [5.41, 5.74) is 6.60. The molecule has 64 heavy (non-hydrogen) atoms. The van der Waals surface area contributed by atoms with Crippen molar-refractivity contribution in [3.8, 4) is 11.1 Å². The Morgan fingerprint density at radius 3 is 2.27 bits per heavy atom. The Morgan fingerprint density at radius 1 is 0.844 bits per heavy atom. The predicted octanol–water partition coefficient (Wildman–Crippen LogP) is 6.23. The van der Waals surface area contributed by atoms with Gasteiger partial charge >= 0.3 is 0 Å². The number of nitrogens with one attached hydrogen (secondary N) is 3. The molecule has 0 bridgehead atoms. The van der Waals surface area contributed by atoms with Crippen molar-refractivity contribution in [2.75, 3.05) is 43.4 Å². The lowest BCUT2D eigenvalue weighted by Crippen LogP contribution is -2.47. The zero-order valence-corrected chi connectivity index (χ0v) is 36.2. The Bertz CT molecular complexity index is 2580. The van der Waals surface area contributed by atoms with Gasteiger partial charge in [-0.3, -0.25) is 39.5 Å². The zero-order valence-electron chi connectivity index (χ0n) is 35.4. The molecule has 7 heterocycles. The third kappa shape index (κ3) is 8.43. The number of amides is 5. The molecule has 16 heteroatoms. The molecule has 3 saturated heterocycles. The van der Waals surface area contributed by atoms with E-state index < -0.39 is 29.7 Å². The largest absolute Gasteiger partial charge is 0.374 e. The van der Waals surface area contributed by atoms with Crippen molar-refractivity contribution in [2.45, 2.75) is 88.4 Å². The minimum atomic E-state index is -1.05. The van der Waals surface area contributed by atoms with E-state index in [0.717, 1.165) is 75.1 Å². The summed E-state index contributed by atoms with van der Waals surface area (Å²) in [5.74, 6) is -0.970. The lowest BCUT2D eigenvalue weighted by molar-refractivity contribution is -0.134. The zero-order chi connectivity index (χ0) is 43.9. The van der Waals surface area contributed by atoms with Gasteiger partial charge in [0.1, 0.15) is 11.9 Å². The molecule has 330 valence electrons. The molecule has 0 saturated carbocycles. The van der Waals surface area contributed by atoms with Crippen LogP contribution in [0.15, 0.2) is 78.6 Å². The summed E-state index contributed by atoms with van der Waals surface area (Å²) in [6.07, 6.45) is 9.46. The second kappa shape index (κ2) is 17.7. The number of imide groups is 1. The number of thiazole rings is 1. The third-order valence-corrected chi connectivity index (χ3v) is 14.4. The lowest BCUT2D eigenvalue weighted by atomic mass is 9.88. The maximum absolute atomic E-state index is 16.0. The number of imidazole rings is 1. The van der Waals surface area contributed by atoms with E-state index in [-0.39, 0.29) is 35.4 Å². The van der Waals surface area contributed by atoms with Gasteiger partial charge in [0.2, 0.25) is 17.7 Å². The average Bonchev–Trinajstić information content (AvgIpc) is 4.14. The van der Waals surface area contributed by atoms with E-state index in [0.29, 0.717) is 60.7 Å². The molecule has 14 nitrogen and oxygen atoms in total. The molecule has 0 spiro atoms. The van der Waals surface area contributed by atoms with Gasteiger partial charge < -0.3 is 19.7 Å². The Labute approximate surface area is 374 Å². The number of hydrogen-bond acceptors (Lipinski definition) is 10. The Morgan fingerprint density at radius 2 is 1.56 bits per heavy atom. The van der Waals surface area contributed by atoms with Crippen molar-refractivity contribution in [1.82, 2.24) is 34.6 Å². The minimum absolute atomic E-state index is 0.0491. The number of fused-ring (bicyclic) bond motifs is 2. The molecule has 0 radical (unpaired) electrons. The number of likely N-dealkylation sites (tertiary alicyclic amines) is 2. The van der Waals surface area contributed by atoms with E-state index in [1.807, 2.05) is 33.7 Å². The molecule has 5 amide bonds. The fraction of sp³-hybridized carbons (Fsp3) is 0.396. The van der Waals surface area contributed by atoms with E-state index in [1.54, 1.807) is 24.0 Å². The summed E-state index contributed by atoms with van der Waals surface area (Å²) in [6.45, 7) is 4.27. The number of nitrogens with zero attached hydrogens (tertiary/aromatic N) is 6. The highest BCUT2D eigenvalue weighted by molar-refractivity contribution is 7.13. The molecule has 3 N–H and O–H groups in total. The number of anilines is 2. The van der Waals surface area contributed by atoms with Crippen molar-refractivity contribution in [3.63, 3.8) is 0 Å². The number of carbonyl (C=O) groups excluding carboxylic acids is 5. The van der Waals surface area contributed by atoms with Crippen LogP contribution in [0.25, 0.3) is 11.1 Å². The Kier molecular flexibility index (Phi) is 11.6. The van der Waals surface area contributed by atoms with Crippen LogP contribution < -0.4 is 16.0 Å². The Hall–Kier alpha value is -6.26. The van der Waals surface area contributed by atoms with Gasteiger partial charge in [-0.05, 0) is 116 Å². The maximum atomic E-state index is 16.0. The number of aromatic nitrogens is 3. The molecule has 1 unspecified atom stereocenters. The van der Waals surface area contributed by atoms with Crippen molar-refractivity contribution < 1.29 is 28.4 Å². The van der Waals surface area contributed by atoms with Gasteiger partial charge in [0.05, 0.1) is 25.1 Å². The molecular weight excluding hydrogens is 834 g/mol. The van der Waals surface area contributed by atoms with Gasteiger partial charge in [-0.15, -0.1) is 11.3 Å². The van der Waals surface area contributed by atoms with E-state index in [1.165, 1.54) is 33.4 Å². The van der Waals surface area contributed by atoms with Gasteiger partial charge in [-0.25, -0.2) is 14.4 Å². The highest BCUT2D eigenvalue weighted by atomic mass is 32.1. The van der Waals surface area contributed by atoms with Crippen LogP contribution in [0.2, 0.25) is 0 Å². The lowest BCUT2D eigenvalue weighted by Gasteiger charge is -2.36. The molecule has 0 aliphatic carbocycles. The third-order valence-electron chi connectivity index (χ3n) is 13.8. The fourth-order valence-corrected chi connectivity index (χ4v) is 10.7. The first-order valence-corrected chi connectivity index (χ1v) is 23.2. The van der Waals surface area contributed by atoms with Crippen LogP contribution in [0.4, 0.5) is 15.2 Å².